The first kappa shape index (κ1) is 10.4. The van der Waals surface area contributed by atoms with Crippen molar-refractivity contribution in [3.05, 3.63) is 0 Å². The maximum atomic E-state index is 10.8. The highest BCUT2D eigenvalue weighted by Gasteiger charge is 2.15. The van der Waals surface area contributed by atoms with Crippen molar-refractivity contribution >= 4 is 5.91 Å². The van der Waals surface area contributed by atoms with E-state index in [9.17, 15) is 9.90 Å². The lowest BCUT2D eigenvalue weighted by molar-refractivity contribution is -0.932. The fourth-order valence-corrected chi connectivity index (χ4v) is 1.11. The summed E-state index contributed by atoms with van der Waals surface area (Å²) in [5.41, 5.74) is 2.65. The van der Waals surface area contributed by atoms with Crippen LogP contribution in [0.25, 0.3) is 0 Å². The summed E-state index contributed by atoms with van der Waals surface area (Å²) >= 11 is 0. The van der Waals surface area contributed by atoms with Crippen molar-refractivity contribution in [3.63, 3.8) is 0 Å². The molecule has 4 heteroatoms. The average Bonchev–Trinajstić information content (AvgIpc) is 1.53. The summed E-state index contributed by atoms with van der Waals surface area (Å²) < 4.78 is 0.250. The molecule has 1 amide bonds. The molecule has 0 saturated carbocycles. The van der Waals surface area contributed by atoms with Gasteiger partial charge in [0.15, 0.2) is 0 Å². The van der Waals surface area contributed by atoms with E-state index in [1.54, 1.807) is 21.0 Å². The summed E-state index contributed by atoms with van der Waals surface area (Å²) in [5, 5.41) is 10.8. The van der Waals surface area contributed by atoms with Crippen LogP contribution in [-0.2, 0) is 4.79 Å². The summed E-state index contributed by atoms with van der Waals surface area (Å²) in [7, 11) is 3.58. The monoisotopic (exact) mass is 160 g/mol. The zero-order valence-electron chi connectivity index (χ0n) is 7.55. The van der Waals surface area contributed by atoms with E-state index >= 15 is 0 Å². The summed E-state index contributed by atoms with van der Waals surface area (Å²) in [6.07, 6.45) is -0.656. The van der Waals surface area contributed by atoms with E-state index in [4.69, 9.17) is 0 Å². The van der Waals surface area contributed by atoms with Crippen LogP contribution in [0.4, 0.5) is 0 Å². The van der Waals surface area contributed by atoms with Crippen LogP contribution in [0.5, 0.6) is 0 Å². The second kappa shape index (κ2) is 3.69. The van der Waals surface area contributed by atoms with Crippen LogP contribution >= 0.6 is 0 Å². The van der Waals surface area contributed by atoms with Crippen LogP contribution in [-0.4, -0.2) is 37.2 Å². The van der Waals surface area contributed by atoms with Gasteiger partial charge in [0.05, 0.1) is 20.6 Å². The third kappa shape index (κ3) is 5.82. The van der Waals surface area contributed by atoms with Crippen LogP contribution in [0.3, 0.4) is 0 Å². The molecule has 0 aromatic carbocycles. The molecule has 0 saturated heterocycles. The van der Waals surface area contributed by atoms with Gasteiger partial charge in [-0.2, -0.15) is 0 Å². The lowest BCUT2D eigenvalue weighted by Crippen LogP contribution is -2.58. The summed E-state index contributed by atoms with van der Waals surface area (Å²) in [4.78, 5) is 10.6. The Bertz CT molecular complexity index is 143. The molecule has 0 rings (SSSR count). The van der Waals surface area contributed by atoms with E-state index < -0.39 is 6.10 Å². The molecule has 0 aromatic rings. The molecule has 1 atom stereocenters. The summed E-state index contributed by atoms with van der Waals surface area (Å²) in [5.74, 6) is -0.115. The first-order valence-electron chi connectivity index (χ1n) is 3.61. The number of nitrogens with zero attached hydrogens (tertiary/aromatic N) is 1. The molecule has 4 nitrogen and oxygen atoms in total. The van der Waals surface area contributed by atoms with E-state index in [0.29, 0.717) is 6.54 Å². The lowest BCUT2D eigenvalue weighted by Gasteiger charge is -2.33. The van der Waals surface area contributed by atoms with Gasteiger partial charge in [0.1, 0.15) is 0 Å². The standard InChI is InChI=1S/C7H16N2O2/c1-6(10)5-9(3,4)8-7(2)11/h6H,5H2,1-4H3,(H,8,11). The zero-order chi connectivity index (χ0) is 9.07. The Morgan fingerprint density at radius 1 is 1.64 bits per heavy atom. The molecule has 0 aliphatic carbocycles. The molecule has 0 aliphatic heterocycles. The minimum atomic E-state index is -0.656. The number of carbonyl (C=O) groups is 1. The molecule has 0 radical (unpaired) electrons. The van der Waals surface area contributed by atoms with E-state index in [-0.39, 0.29) is 10.5 Å². The number of carbonyl (C=O) groups excluding carboxylic acids is 1. The Kier molecular flexibility index (Phi) is 3.48. The molecule has 0 aromatic heterocycles. The van der Waals surface area contributed by atoms with Crippen LogP contribution < -0.4 is 10.5 Å². The van der Waals surface area contributed by atoms with Crippen molar-refractivity contribution < 1.29 is 14.5 Å². The van der Waals surface area contributed by atoms with Gasteiger partial charge in [-0.05, 0) is 0 Å². The molecule has 1 N–H and O–H groups in total. The maximum absolute atomic E-state index is 10.8. The molecule has 0 bridgehead atoms. The largest absolute Gasteiger partial charge is 0.848 e. The van der Waals surface area contributed by atoms with Crippen molar-refractivity contribution in [2.75, 3.05) is 20.6 Å². The predicted molar refractivity (Wildman–Crippen MR) is 40.3 cm³/mol. The Hall–Kier alpha value is -0.610. The van der Waals surface area contributed by atoms with Gasteiger partial charge in [-0.1, -0.05) is 13.0 Å². The SMILES string of the molecule is CC(=O)N[N+](C)(C)CC(C)[O-]. The van der Waals surface area contributed by atoms with Gasteiger partial charge in [0, 0.05) is 6.92 Å². The minimum absolute atomic E-state index is 0.115. The molecule has 0 spiro atoms. The fourth-order valence-electron chi connectivity index (χ4n) is 1.11. The average molecular weight is 160 g/mol. The third-order valence-electron chi connectivity index (χ3n) is 1.17. The van der Waals surface area contributed by atoms with Crippen LogP contribution in [0.15, 0.2) is 0 Å². The third-order valence-corrected chi connectivity index (χ3v) is 1.17. The molecular formula is C7H16N2O2. The molecule has 1 unspecified atom stereocenters. The lowest BCUT2D eigenvalue weighted by atomic mass is 10.4. The highest BCUT2D eigenvalue weighted by molar-refractivity contribution is 5.71. The molecule has 0 fully saturated rings. The first-order valence-corrected chi connectivity index (χ1v) is 3.61. The normalized spacial score (nSPS) is 14.3. The number of nitrogens with one attached hydrogen (secondary N) is 1. The summed E-state index contributed by atoms with van der Waals surface area (Å²) in [6.45, 7) is 3.43. The second-order valence-electron chi connectivity index (χ2n) is 3.35. The van der Waals surface area contributed by atoms with Crippen molar-refractivity contribution in [3.8, 4) is 0 Å². The highest BCUT2D eigenvalue weighted by atomic mass is 16.3. The van der Waals surface area contributed by atoms with Gasteiger partial charge < -0.3 is 5.11 Å². The van der Waals surface area contributed by atoms with Gasteiger partial charge in [0.25, 0.3) is 5.91 Å². The maximum Gasteiger partial charge on any atom is 0.261 e. The van der Waals surface area contributed by atoms with Gasteiger partial charge >= 0.3 is 0 Å². The number of quaternary nitrogens is 1. The van der Waals surface area contributed by atoms with Crippen molar-refractivity contribution in [1.82, 2.24) is 5.43 Å². The Morgan fingerprint density at radius 3 is 2.36 bits per heavy atom. The van der Waals surface area contributed by atoms with E-state index in [2.05, 4.69) is 5.43 Å². The van der Waals surface area contributed by atoms with E-state index in [1.807, 2.05) is 0 Å². The molecule has 11 heavy (non-hydrogen) atoms. The Labute approximate surface area is 67.4 Å². The number of likely N-dealkylation sites (N-methyl/N-ethyl adjacent to an activating group) is 1. The fraction of sp³-hybridized carbons (Fsp3) is 0.857. The van der Waals surface area contributed by atoms with Crippen molar-refractivity contribution in [2.45, 2.75) is 20.0 Å². The number of hydrogen-bond acceptors (Lipinski definition) is 2. The summed E-state index contributed by atoms with van der Waals surface area (Å²) in [6, 6.07) is 0. The molecular weight excluding hydrogens is 144 g/mol. The topological polar surface area (TPSA) is 52.2 Å². The Morgan fingerprint density at radius 2 is 2.09 bits per heavy atom. The van der Waals surface area contributed by atoms with E-state index in [1.165, 1.54) is 6.92 Å². The van der Waals surface area contributed by atoms with Gasteiger partial charge in [-0.15, -0.1) is 0 Å². The number of hydrogen-bond donors (Lipinski definition) is 1. The highest BCUT2D eigenvalue weighted by Crippen LogP contribution is 1.91. The van der Waals surface area contributed by atoms with Gasteiger partial charge in [0.2, 0.25) is 0 Å². The quantitative estimate of drug-likeness (QED) is 0.419. The van der Waals surface area contributed by atoms with Crippen LogP contribution in [0, 0.1) is 0 Å². The van der Waals surface area contributed by atoms with Crippen molar-refractivity contribution in [1.29, 1.82) is 0 Å². The smallest absolute Gasteiger partial charge is 0.261 e. The van der Waals surface area contributed by atoms with Gasteiger partial charge in [-0.3, -0.25) is 4.79 Å². The van der Waals surface area contributed by atoms with Gasteiger partial charge in [-0.25, -0.2) is 10.0 Å². The Balaban J connectivity index is 3.89. The van der Waals surface area contributed by atoms with Crippen molar-refractivity contribution in [2.24, 2.45) is 0 Å². The van der Waals surface area contributed by atoms with Crippen LogP contribution in [0.1, 0.15) is 13.8 Å². The minimum Gasteiger partial charge on any atom is -0.848 e. The molecule has 66 valence electrons. The first-order chi connectivity index (χ1) is 4.83. The van der Waals surface area contributed by atoms with Crippen LogP contribution in [0.2, 0.25) is 0 Å². The van der Waals surface area contributed by atoms with E-state index in [0.717, 1.165) is 0 Å². The molecule has 0 aliphatic rings. The second-order valence-corrected chi connectivity index (χ2v) is 3.35. The molecule has 0 heterocycles. The number of rotatable bonds is 3. The predicted octanol–water partition coefficient (Wildman–Crippen LogP) is -1.14. The zero-order valence-corrected chi connectivity index (χ0v) is 7.55. The number of amides is 1.